The van der Waals surface area contributed by atoms with Crippen LogP contribution in [0.2, 0.25) is 0 Å². The first-order valence-electron chi connectivity index (χ1n) is 7.01. The maximum Gasteiger partial charge on any atom is 0.268 e. The fourth-order valence-electron chi connectivity index (χ4n) is 2.42. The number of benzene rings is 1. The molecule has 0 spiro atoms. The fraction of sp³-hybridized carbons (Fsp3) is 0.267. The van der Waals surface area contributed by atoms with Gasteiger partial charge in [-0.15, -0.1) is 11.3 Å². The Bertz CT molecular complexity index is 936. The largest absolute Gasteiger partial charge is 0.494 e. The monoisotopic (exact) mass is 333 g/mol. The summed E-state index contributed by atoms with van der Waals surface area (Å²) in [5.41, 5.74) is 0.738. The Morgan fingerprint density at radius 1 is 1.23 bits per heavy atom. The molecular formula is C15H15N3O2S2. The van der Waals surface area contributed by atoms with E-state index in [9.17, 15) is 9.90 Å². The van der Waals surface area contributed by atoms with Crippen LogP contribution in [0.15, 0.2) is 29.1 Å². The van der Waals surface area contributed by atoms with Crippen LogP contribution in [0.4, 0.5) is 0 Å². The molecule has 0 aliphatic heterocycles. The smallest absolute Gasteiger partial charge is 0.268 e. The van der Waals surface area contributed by atoms with Crippen molar-refractivity contribution in [3.05, 3.63) is 39.4 Å². The van der Waals surface area contributed by atoms with Gasteiger partial charge >= 0.3 is 0 Å². The molecule has 0 atom stereocenters. The van der Waals surface area contributed by atoms with E-state index in [1.807, 2.05) is 38.1 Å². The molecule has 0 aliphatic rings. The van der Waals surface area contributed by atoms with E-state index in [0.29, 0.717) is 22.9 Å². The maximum absolute atomic E-state index is 12.7. The average molecular weight is 333 g/mol. The number of rotatable bonds is 3. The molecule has 3 aromatic rings. The van der Waals surface area contributed by atoms with Crippen LogP contribution in [-0.4, -0.2) is 19.2 Å². The Hall–Kier alpha value is -1.99. The molecule has 1 aromatic carbocycles. The van der Waals surface area contributed by atoms with Crippen molar-refractivity contribution in [3.8, 4) is 16.5 Å². The zero-order valence-corrected chi connectivity index (χ0v) is 13.9. The zero-order valence-electron chi connectivity index (χ0n) is 12.2. The Labute approximate surface area is 136 Å². The standard InChI is InChI=1S/C15H15N3O2S2/c1-3-17-13(19)11(14(20)18(4-2)15(17)21)12-16-9-7-5-6-8-10(9)22-12/h5-8,19H,3-4H2,1-2H3. The molecule has 0 bridgehead atoms. The number of hydrogen-bond donors (Lipinski definition) is 1. The van der Waals surface area contributed by atoms with Crippen molar-refractivity contribution in [2.75, 3.05) is 0 Å². The highest BCUT2D eigenvalue weighted by Gasteiger charge is 2.20. The van der Waals surface area contributed by atoms with Crippen LogP contribution in [0.1, 0.15) is 13.8 Å². The maximum atomic E-state index is 12.7. The van der Waals surface area contributed by atoms with Crippen molar-refractivity contribution in [1.82, 2.24) is 14.1 Å². The first-order chi connectivity index (χ1) is 10.6. The molecule has 3 rings (SSSR count). The summed E-state index contributed by atoms with van der Waals surface area (Å²) in [5, 5.41) is 11.0. The molecule has 22 heavy (non-hydrogen) atoms. The minimum absolute atomic E-state index is 0.110. The van der Waals surface area contributed by atoms with Gasteiger partial charge in [0.05, 0.1) is 10.2 Å². The summed E-state index contributed by atoms with van der Waals surface area (Å²) in [5.74, 6) is -0.110. The van der Waals surface area contributed by atoms with E-state index in [1.54, 1.807) is 4.57 Å². The molecule has 0 unspecified atom stereocenters. The van der Waals surface area contributed by atoms with E-state index < -0.39 is 0 Å². The Morgan fingerprint density at radius 2 is 1.91 bits per heavy atom. The van der Waals surface area contributed by atoms with Gasteiger partial charge in [0.15, 0.2) is 4.77 Å². The number of fused-ring (bicyclic) bond motifs is 1. The summed E-state index contributed by atoms with van der Waals surface area (Å²) in [7, 11) is 0. The van der Waals surface area contributed by atoms with Crippen LogP contribution in [0, 0.1) is 4.77 Å². The molecule has 0 aliphatic carbocycles. The van der Waals surface area contributed by atoms with Crippen molar-refractivity contribution >= 4 is 33.8 Å². The van der Waals surface area contributed by atoms with E-state index in [2.05, 4.69) is 4.98 Å². The number of thiazole rings is 1. The van der Waals surface area contributed by atoms with Crippen LogP contribution in [-0.2, 0) is 13.1 Å². The van der Waals surface area contributed by atoms with Gasteiger partial charge < -0.3 is 5.11 Å². The highest BCUT2D eigenvalue weighted by Crippen LogP contribution is 2.32. The summed E-state index contributed by atoms with van der Waals surface area (Å²) in [6.45, 7) is 4.68. The summed E-state index contributed by atoms with van der Waals surface area (Å²) >= 11 is 6.68. The predicted molar refractivity (Wildman–Crippen MR) is 91.2 cm³/mol. The Kier molecular flexibility index (Phi) is 3.84. The van der Waals surface area contributed by atoms with Crippen molar-refractivity contribution < 1.29 is 5.11 Å². The summed E-state index contributed by atoms with van der Waals surface area (Å²) in [4.78, 5) is 17.2. The van der Waals surface area contributed by atoms with Gasteiger partial charge in [-0.3, -0.25) is 13.9 Å². The minimum Gasteiger partial charge on any atom is -0.494 e. The topological polar surface area (TPSA) is 60.0 Å². The second kappa shape index (κ2) is 5.66. The van der Waals surface area contributed by atoms with Crippen LogP contribution in [0.5, 0.6) is 5.88 Å². The first-order valence-corrected chi connectivity index (χ1v) is 8.23. The van der Waals surface area contributed by atoms with E-state index in [0.717, 1.165) is 10.2 Å². The molecule has 114 valence electrons. The van der Waals surface area contributed by atoms with Crippen LogP contribution < -0.4 is 5.56 Å². The number of aromatic hydroxyl groups is 1. The first kappa shape index (κ1) is 14.9. The third kappa shape index (κ3) is 2.17. The van der Waals surface area contributed by atoms with Gasteiger partial charge in [0.25, 0.3) is 5.56 Å². The number of para-hydroxylation sites is 1. The Morgan fingerprint density at radius 3 is 2.55 bits per heavy atom. The molecule has 0 radical (unpaired) electrons. The molecule has 2 heterocycles. The molecule has 0 amide bonds. The SMILES string of the molecule is CCn1c(O)c(-c2nc3ccccc3s2)c(=O)n(CC)c1=S. The highest BCUT2D eigenvalue weighted by molar-refractivity contribution is 7.71. The van der Waals surface area contributed by atoms with Crippen molar-refractivity contribution in [2.24, 2.45) is 0 Å². The summed E-state index contributed by atoms with van der Waals surface area (Å²) in [6.07, 6.45) is 0. The number of nitrogens with zero attached hydrogens (tertiary/aromatic N) is 3. The van der Waals surface area contributed by atoms with Gasteiger partial charge in [-0.1, -0.05) is 12.1 Å². The zero-order chi connectivity index (χ0) is 15.9. The van der Waals surface area contributed by atoms with Crippen LogP contribution in [0.3, 0.4) is 0 Å². The molecule has 2 aromatic heterocycles. The second-order valence-electron chi connectivity index (χ2n) is 4.76. The van der Waals surface area contributed by atoms with Gasteiger partial charge in [0, 0.05) is 13.1 Å². The molecule has 5 nitrogen and oxygen atoms in total. The van der Waals surface area contributed by atoms with Gasteiger partial charge in [0.1, 0.15) is 10.6 Å². The van der Waals surface area contributed by atoms with E-state index in [1.165, 1.54) is 15.9 Å². The molecule has 7 heteroatoms. The third-order valence-corrected chi connectivity index (χ3v) is 5.03. The average Bonchev–Trinajstić information content (AvgIpc) is 2.91. The fourth-order valence-corrected chi connectivity index (χ4v) is 3.84. The lowest BCUT2D eigenvalue weighted by Crippen LogP contribution is -2.26. The molecular weight excluding hydrogens is 318 g/mol. The Balaban J connectivity index is 2.39. The lowest BCUT2D eigenvalue weighted by molar-refractivity contribution is 0.403. The predicted octanol–water partition coefficient (Wildman–Crippen LogP) is 3.40. The number of hydrogen-bond acceptors (Lipinski definition) is 5. The van der Waals surface area contributed by atoms with Crippen LogP contribution >= 0.6 is 23.6 Å². The van der Waals surface area contributed by atoms with Gasteiger partial charge in [-0.25, -0.2) is 4.98 Å². The molecule has 1 N–H and O–H groups in total. The van der Waals surface area contributed by atoms with Gasteiger partial charge in [-0.2, -0.15) is 0 Å². The van der Waals surface area contributed by atoms with Gasteiger partial charge in [0.2, 0.25) is 5.88 Å². The van der Waals surface area contributed by atoms with Gasteiger partial charge in [-0.05, 0) is 38.2 Å². The lowest BCUT2D eigenvalue weighted by atomic mass is 10.3. The highest BCUT2D eigenvalue weighted by atomic mass is 32.1. The minimum atomic E-state index is -0.297. The summed E-state index contributed by atoms with van der Waals surface area (Å²) in [6, 6.07) is 7.66. The van der Waals surface area contributed by atoms with Crippen molar-refractivity contribution in [1.29, 1.82) is 0 Å². The lowest BCUT2D eigenvalue weighted by Gasteiger charge is -2.14. The second-order valence-corrected chi connectivity index (χ2v) is 6.16. The number of aromatic nitrogens is 3. The molecule has 0 saturated heterocycles. The van der Waals surface area contributed by atoms with Crippen LogP contribution in [0.25, 0.3) is 20.8 Å². The van der Waals surface area contributed by atoms with E-state index in [-0.39, 0.29) is 17.0 Å². The molecule has 0 saturated carbocycles. The van der Waals surface area contributed by atoms with E-state index in [4.69, 9.17) is 12.2 Å². The van der Waals surface area contributed by atoms with Crippen molar-refractivity contribution in [3.63, 3.8) is 0 Å². The quantitative estimate of drug-likeness (QED) is 0.746. The molecule has 0 fully saturated rings. The third-order valence-electron chi connectivity index (χ3n) is 3.54. The summed E-state index contributed by atoms with van der Waals surface area (Å²) < 4.78 is 4.35. The normalized spacial score (nSPS) is 11.2. The van der Waals surface area contributed by atoms with E-state index >= 15 is 0 Å². The van der Waals surface area contributed by atoms with Crippen molar-refractivity contribution in [2.45, 2.75) is 26.9 Å².